The van der Waals surface area contributed by atoms with E-state index in [1.54, 1.807) is 41.8 Å². The highest BCUT2D eigenvalue weighted by Crippen LogP contribution is 2.32. The number of rotatable bonds is 9. The molecule has 0 radical (unpaired) electrons. The number of carbonyl (C=O) groups is 2. The van der Waals surface area contributed by atoms with Crippen LogP contribution < -0.4 is 20.6 Å². The topological polar surface area (TPSA) is 169 Å². The van der Waals surface area contributed by atoms with Gasteiger partial charge in [0.05, 0.1) is 12.2 Å². The lowest BCUT2D eigenvalue weighted by atomic mass is 10.4. The van der Waals surface area contributed by atoms with E-state index in [1.807, 2.05) is 0 Å². The summed E-state index contributed by atoms with van der Waals surface area (Å²) in [6.45, 7) is 9.59. The Morgan fingerprint density at radius 1 is 0.862 bits per heavy atom. The van der Waals surface area contributed by atoms with E-state index < -0.39 is 37.6 Å². The first-order chi connectivity index (χ1) is 13.2. The number of esters is 2. The molecule has 0 aliphatic carbocycles. The van der Waals surface area contributed by atoms with Crippen LogP contribution in [-0.2, 0) is 23.6 Å². The van der Waals surface area contributed by atoms with Gasteiger partial charge in [0.1, 0.15) is 12.1 Å². The lowest BCUT2D eigenvalue weighted by Gasteiger charge is -2.28. The number of hydrogen-bond acceptors (Lipinski definition) is 7. The fourth-order valence-electron chi connectivity index (χ4n) is 1.84. The van der Waals surface area contributed by atoms with Crippen molar-refractivity contribution in [3.63, 3.8) is 0 Å². The Balaban J connectivity index is 5.42. The van der Waals surface area contributed by atoms with E-state index in [-0.39, 0.29) is 18.2 Å². The molecule has 0 saturated heterocycles. The quantitative estimate of drug-likeness (QED) is 0.130. The molecule has 0 fully saturated rings. The zero-order valence-corrected chi connectivity index (χ0v) is 19.1. The van der Waals surface area contributed by atoms with E-state index in [4.69, 9.17) is 20.3 Å². The molecule has 13 heteroatoms. The number of guanidine groups is 2. The number of ether oxygens (including phenoxy) is 2. The van der Waals surface area contributed by atoms with Crippen LogP contribution in [0.3, 0.4) is 0 Å². The molecule has 0 spiro atoms. The van der Waals surface area contributed by atoms with Crippen LogP contribution in [0.5, 0.6) is 0 Å². The average Bonchev–Trinajstić information content (AvgIpc) is 2.52. The third kappa shape index (κ3) is 10.8. The number of nitrogens with one attached hydrogen (secondary N) is 6. The molecular weight excluding hydrogens is 401 g/mol. The third-order valence-electron chi connectivity index (χ3n) is 3.12. The maximum absolute atomic E-state index is 13.4. The molecule has 0 saturated carbocycles. The molecule has 12 nitrogen and oxygen atoms in total. The van der Waals surface area contributed by atoms with E-state index in [9.17, 15) is 14.2 Å². The number of nitrogens with zero attached hydrogens (tertiary/aromatic N) is 1. The average molecular weight is 435 g/mol. The van der Waals surface area contributed by atoms with Gasteiger partial charge < -0.3 is 14.4 Å². The fourth-order valence-corrected chi connectivity index (χ4v) is 3.71. The van der Waals surface area contributed by atoms with Crippen LogP contribution in [0.4, 0.5) is 0 Å². The Bertz CT molecular complexity index is 620. The molecule has 0 aromatic rings. The standard InChI is InChI=1S/C16H34N7O5P/c1-9(2)27-13(24)11(5)20-29(26,21-12(6)14(25)28-10(3)4)22-15(17)19-16(18)23(7)8/h9-12H,1-8H3,(H6,17,18,19,20,21,22,26). The first-order valence-electron chi connectivity index (χ1n) is 9.13. The lowest BCUT2D eigenvalue weighted by Crippen LogP contribution is -2.51. The molecule has 0 rings (SSSR count). The van der Waals surface area contributed by atoms with Crippen molar-refractivity contribution < 1.29 is 23.6 Å². The first kappa shape index (κ1) is 26.8. The van der Waals surface area contributed by atoms with Crippen molar-refractivity contribution in [2.75, 3.05) is 14.1 Å². The van der Waals surface area contributed by atoms with E-state index in [1.165, 1.54) is 18.7 Å². The molecule has 168 valence electrons. The molecule has 0 aromatic carbocycles. The molecule has 0 aromatic heterocycles. The van der Waals surface area contributed by atoms with E-state index in [2.05, 4.69) is 20.6 Å². The maximum Gasteiger partial charge on any atom is 0.323 e. The first-order valence-corrected chi connectivity index (χ1v) is 10.8. The molecule has 0 aliphatic rings. The van der Waals surface area contributed by atoms with Crippen LogP contribution in [-0.4, -0.2) is 67.1 Å². The molecule has 0 aliphatic heterocycles. The summed E-state index contributed by atoms with van der Waals surface area (Å²) in [7, 11) is -0.743. The smallest absolute Gasteiger partial charge is 0.323 e. The monoisotopic (exact) mass is 435 g/mol. The highest BCUT2D eigenvalue weighted by atomic mass is 31.2. The van der Waals surface area contributed by atoms with Crippen LogP contribution >= 0.6 is 7.59 Å². The third-order valence-corrected chi connectivity index (χ3v) is 5.16. The summed E-state index contributed by atoms with van der Waals surface area (Å²) < 4.78 is 23.5. The van der Waals surface area contributed by atoms with Gasteiger partial charge in [-0.25, -0.2) is 10.2 Å². The van der Waals surface area contributed by atoms with Gasteiger partial charge in [-0.1, -0.05) is 0 Å². The summed E-state index contributed by atoms with van der Waals surface area (Å²) in [5.41, 5.74) is 0. The zero-order valence-electron chi connectivity index (χ0n) is 18.2. The SMILES string of the molecule is CC(C)OC(=O)C(C)NP(=O)(NC(=N)NC(=N)N(C)C)NC(C)C(=O)OC(C)C. The van der Waals surface area contributed by atoms with Gasteiger partial charge in [-0.05, 0) is 41.5 Å². The minimum Gasteiger partial charge on any atom is -0.462 e. The second kappa shape index (κ2) is 11.7. The van der Waals surface area contributed by atoms with Crippen LogP contribution in [0.1, 0.15) is 41.5 Å². The Labute approximate surface area is 172 Å². The van der Waals surface area contributed by atoms with Crippen LogP contribution in [0.2, 0.25) is 0 Å². The molecule has 6 N–H and O–H groups in total. The maximum atomic E-state index is 13.4. The Morgan fingerprint density at radius 2 is 1.24 bits per heavy atom. The highest BCUT2D eigenvalue weighted by molar-refractivity contribution is 7.58. The summed E-state index contributed by atoms with van der Waals surface area (Å²) >= 11 is 0. The van der Waals surface area contributed by atoms with Gasteiger partial charge in [0.2, 0.25) is 5.96 Å². The van der Waals surface area contributed by atoms with Crippen molar-refractivity contribution in [3.8, 4) is 0 Å². The molecule has 29 heavy (non-hydrogen) atoms. The second-order valence-corrected chi connectivity index (χ2v) is 9.10. The number of carbonyl (C=O) groups excluding carboxylic acids is 2. The van der Waals surface area contributed by atoms with Crippen molar-refractivity contribution in [3.05, 3.63) is 0 Å². The van der Waals surface area contributed by atoms with Crippen molar-refractivity contribution >= 4 is 31.5 Å². The largest absolute Gasteiger partial charge is 0.462 e. The summed E-state index contributed by atoms with van der Waals surface area (Å²) in [5, 5.41) is 25.5. The van der Waals surface area contributed by atoms with Crippen molar-refractivity contribution in [2.24, 2.45) is 0 Å². The summed E-state index contributed by atoms with van der Waals surface area (Å²) in [5.74, 6) is -1.90. The van der Waals surface area contributed by atoms with Crippen molar-refractivity contribution in [1.82, 2.24) is 25.5 Å². The van der Waals surface area contributed by atoms with Gasteiger partial charge in [-0.15, -0.1) is 0 Å². The Hall–Kier alpha value is -2.17. The minimum absolute atomic E-state index is 0.131. The fraction of sp³-hybridized carbons (Fsp3) is 0.750. The second-order valence-electron chi connectivity index (χ2n) is 7.14. The van der Waals surface area contributed by atoms with E-state index in [0.29, 0.717) is 0 Å². The highest BCUT2D eigenvalue weighted by Gasteiger charge is 2.33. The molecule has 2 atom stereocenters. The van der Waals surface area contributed by atoms with Crippen LogP contribution in [0.15, 0.2) is 0 Å². The summed E-state index contributed by atoms with van der Waals surface area (Å²) in [4.78, 5) is 25.6. The van der Waals surface area contributed by atoms with Gasteiger partial charge in [0, 0.05) is 14.1 Å². The van der Waals surface area contributed by atoms with Gasteiger partial charge in [-0.3, -0.25) is 35.4 Å². The Kier molecular flexibility index (Phi) is 10.9. The van der Waals surface area contributed by atoms with Gasteiger partial charge in [0.25, 0.3) is 0 Å². The predicted molar refractivity (Wildman–Crippen MR) is 111 cm³/mol. The molecule has 0 heterocycles. The van der Waals surface area contributed by atoms with E-state index in [0.717, 1.165) is 0 Å². The molecule has 0 bridgehead atoms. The van der Waals surface area contributed by atoms with Gasteiger partial charge in [-0.2, -0.15) is 0 Å². The number of hydrogen-bond donors (Lipinski definition) is 6. The molecule has 0 amide bonds. The minimum atomic E-state index is -3.92. The summed E-state index contributed by atoms with van der Waals surface area (Å²) in [6.07, 6.45) is -0.736. The van der Waals surface area contributed by atoms with E-state index >= 15 is 0 Å². The van der Waals surface area contributed by atoms with Crippen LogP contribution in [0.25, 0.3) is 0 Å². The van der Waals surface area contributed by atoms with Crippen molar-refractivity contribution in [1.29, 1.82) is 10.8 Å². The van der Waals surface area contributed by atoms with Gasteiger partial charge >= 0.3 is 19.5 Å². The Morgan fingerprint density at radius 3 is 1.55 bits per heavy atom. The van der Waals surface area contributed by atoms with Gasteiger partial charge in [0.15, 0.2) is 5.96 Å². The normalized spacial score (nSPS) is 15.1. The molecule has 2 unspecified atom stereocenters. The summed E-state index contributed by atoms with van der Waals surface area (Å²) in [6, 6.07) is -2.03. The van der Waals surface area contributed by atoms with Crippen LogP contribution in [0, 0.1) is 10.8 Å². The lowest BCUT2D eigenvalue weighted by molar-refractivity contribution is -0.149. The van der Waals surface area contributed by atoms with Crippen molar-refractivity contribution in [2.45, 2.75) is 65.8 Å². The zero-order chi connectivity index (χ0) is 22.9. The predicted octanol–water partition coefficient (Wildman–Crippen LogP) is 0.564. The molecular formula is C16H34N7O5P.